The van der Waals surface area contributed by atoms with Gasteiger partial charge in [-0.2, -0.15) is 5.10 Å². The molecule has 0 saturated carbocycles. The van der Waals surface area contributed by atoms with Gasteiger partial charge in [0.2, 0.25) is 0 Å². The van der Waals surface area contributed by atoms with E-state index < -0.39 is 45.4 Å². The number of aryl methyl sites for hydroxylation is 2. The molecule has 0 spiro atoms. The number of sulfonamides is 1. The van der Waals surface area contributed by atoms with Gasteiger partial charge >= 0.3 is 0 Å². The van der Waals surface area contributed by atoms with Gasteiger partial charge in [-0.1, -0.05) is 11.6 Å². The van der Waals surface area contributed by atoms with Crippen molar-refractivity contribution in [1.29, 1.82) is 0 Å². The number of nitrogens with one attached hydrogen (secondary N) is 1. The number of rotatable bonds is 5. The summed E-state index contributed by atoms with van der Waals surface area (Å²) in [5, 5.41) is 4.26. The maximum atomic E-state index is 13.8. The fraction of sp³-hybridized carbons (Fsp3) is 0.167. The Labute approximate surface area is 169 Å². The molecular formula is C18H14ClF4N3O2S. The first-order chi connectivity index (χ1) is 13.5. The summed E-state index contributed by atoms with van der Waals surface area (Å²) in [6.07, 6.45) is 1.21. The van der Waals surface area contributed by atoms with Crippen LogP contribution in [0.1, 0.15) is 16.7 Å². The van der Waals surface area contributed by atoms with Gasteiger partial charge in [-0.05, 0) is 37.1 Å². The smallest absolute Gasteiger partial charge is 0.263 e. The molecule has 0 amide bonds. The second-order valence-electron chi connectivity index (χ2n) is 6.32. The van der Waals surface area contributed by atoms with Crippen LogP contribution in [0, 0.1) is 37.1 Å². The second kappa shape index (κ2) is 7.68. The van der Waals surface area contributed by atoms with Gasteiger partial charge in [-0.15, -0.1) is 0 Å². The molecule has 1 heterocycles. The van der Waals surface area contributed by atoms with Crippen molar-refractivity contribution >= 4 is 27.4 Å². The summed E-state index contributed by atoms with van der Waals surface area (Å²) in [7, 11) is -4.03. The summed E-state index contributed by atoms with van der Waals surface area (Å²) in [5.41, 5.74) is 0.0957. The Morgan fingerprint density at radius 3 is 2.28 bits per heavy atom. The van der Waals surface area contributed by atoms with Gasteiger partial charge in [-0.25, -0.2) is 26.0 Å². The highest BCUT2D eigenvalue weighted by Gasteiger charge is 2.22. The van der Waals surface area contributed by atoms with Crippen LogP contribution < -0.4 is 4.72 Å². The zero-order chi connectivity index (χ0) is 21.5. The van der Waals surface area contributed by atoms with Crippen molar-refractivity contribution in [3.8, 4) is 0 Å². The third-order valence-electron chi connectivity index (χ3n) is 4.15. The number of aromatic nitrogens is 2. The lowest BCUT2D eigenvalue weighted by atomic mass is 10.2. The van der Waals surface area contributed by atoms with Crippen LogP contribution in [0.25, 0.3) is 0 Å². The van der Waals surface area contributed by atoms with Crippen molar-refractivity contribution in [3.63, 3.8) is 0 Å². The Morgan fingerprint density at radius 2 is 1.66 bits per heavy atom. The third kappa shape index (κ3) is 4.23. The summed E-state index contributed by atoms with van der Waals surface area (Å²) in [5.74, 6) is -6.32. The molecule has 0 aliphatic rings. The van der Waals surface area contributed by atoms with Crippen molar-refractivity contribution in [2.75, 3.05) is 4.72 Å². The number of hydrogen-bond acceptors (Lipinski definition) is 3. The van der Waals surface area contributed by atoms with Gasteiger partial charge in [0.25, 0.3) is 10.0 Å². The maximum Gasteiger partial charge on any atom is 0.263 e. The predicted molar refractivity (Wildman–Crippen MR) is 99.3 cm³/mol. The monoisotopic (exact) mass is 447 g/mol. The van der Waals surface area contributed by atoms with Crippen LogP contribution in [0.5, 0.6) is 0 Å². The van der Waals surface area contributed by atoms with Crippen LogP contribution in [0.4, 0.5) is 23.4 Å². The van der Waals surface area contributed by atoms with Crippen LogP contribution in [-0.2, 0) is 16.6 Å². The van der Waals surface area contributed by atoms with E-state index in [9.17, 15) is 26.0 Å². The predicted octanol–water partition coefficient (Wildman–Crippen LogP) is 4.56. The van der Waals surface area contributed by atoms with E-state index in [1.807, 2.05) is 0 Å². The van der Waals surface area contributed by atoms with E-state index in [4.69, 9.17) is 11.6 Å². The Morgan fingerprint density at radius 1 is 1.03 bits per heavy atom. The van der Waals surface area contributed by atoms with E-state index in [2.05, 4.69) is 9.82 Å². The average Bonchev–Trinajstić information content (AvgIpc) is 3.06. The molecule has 0 atom stereocenters. The number of hydrogen-bond donors (Lipinski definition) is 1. The van der Waals surface area contributed by atoms with Crippen LogP contribution in [-0.4, -0.2) is 18.2 Å². The molecule has 29 heavy (non-hydrogen) atoms. The quantitative estimate of drug-likeness (QED) is 0.460. The van der Waals surface area contributed by atoms with Crippen molar-refractivity contribution in [1.82, 2.24) is 9.78 Å². The molecule has 0 radical (unpaired) electrons. The molecule has 3 rings (SSSR count). The zero-order valence-electron chi connectivity index (χ0n) is 15.1. The highest BCUT2D eigenvalue weighted by Crippen LogP contribution is 2.25. The van der Waals surface area contributed by atoms with E-state index in [1.165, 1.54) is 24.4 Å². The molecule has 0 aliphatic heterocycles. The van der Waals surface area contributed by atoms with E-state index >= 15 is 0 Å². The molecule has 2 aromatic carbocycles. The second-order valence-corrected chi connectivity index (χ2v) is 8.38. The molecule has 0 bridgehead atoms. The van der Waals surface area contributed by atoms with Crippen molar-refractivity contribution in [2.45, 2.75) is 25.3 Å². The molecule has 5 nitrogen and oxygen atoms in total. The Balaban J connectivity index is 1.87. The minimum absolute atomic E-state index is 0.0155. The number of anilines is 1. The van der Waals surface area contributed by atoms with Gasteiger partial charge in [0.15, 0.2) is 29.1 Å². The summed E-state index contributed by atoms with van der Waals surface area (Å²) in [6.45, 7) is 2.58. The standard InChI is InChI=1S/C18H14ClF4N3O2S/c1-9-6-15(10(2)5-12(9)19)29(27,28)25-16-3-4-26(24-16)8-11-17(22)13(20)7-14(21)18(11)23/h3-7H,8H2,1-2H3,(H,24,25). The molecule has 1 N–H and O–H groups in total. The van der Waals surface area contributed by atoms with E-state index in [1.54, 1.807) is 13.8 Å². The van der Waals surface area contributed by atoms with Crippen LogP contribution in [0.2, 0.25) is 5.02 Å². The third-order valence-corrected chi connectivity index (χ3v) is 6.05. The van der Waals surface area contributed by atoms with Crippen molar-refractivity contribution in [2.24, 2.45) is 0 Å². The first-order valence-corrected chi connectivity index (χ1v) is 10.0. The van der Waals surface area contributed by atoms with E-state index in [0.29, 0.717) is 16.1 Å². The molecule has 3 aromatic rings. The van der Waals surface area contributed by atoms with Crippen LogP contribution in [0.3, 0.4) is 0 Å². The summed E-state index contributed by atoms with van der Waals surface area (Å²) < 4.78 is 82.7. The van der Waals surface area contributed by atoms with Gasteiger partial charge < -0.3 is 0 Å². The first-order valence-electron chi connectivity index (χ1n) is 8.14. The molecule has 0 aliphatic carbocycles. The Hall–Kier alpha value is -2.59. The lowest BCUT2D eigenvalue weighted by Gasteiger charge is -2.11. The van der Waals surface area contributed by atoms with Crippen LogP contribution >= 0.6 is 11.6 Å². The largest absolute Gasteiger partial charge is 0.266 e. The van der Waals surface area contributed by atoms with Crippen molar-refractivity contribution in [3.05, 3.63) is 75.4 Å². The molecular weight excluding hydrogens is 434 g/mol. The lowest BCUT2D eigenvalue weighted by molar-refractivity contribution is 0.431. The number of benzene rings is 2. The van der Waals surface area contributed by atoms with E-state index in [0.717, 1.165) is 4.68 Å². The molecule has 1 aromatic heterocycles. The molecule has 0 saturated heterocycles. The maximum absolute atomic E-state index is 13.8. The molecule has 0 fully saturated rings. The highest BCUT2D eigenvalue weighted by atomic mass is 35.5. The molecule has 154 valence electrons. The number of halogens is 5. The van der Waals surface area contributed by atoms with E-state index in [-0.39, 0.29) is 16.8 Å². The lowest BCUT2D eigenvalue weighted by Crippen LogP contribution is -2.15. The van der Waals surface area contributed by atoms with Crippen molar-refractivity contribution < 1.29 is 26.0 Å². The highest BCUT2D eigenvalue weighted by molar-refractivity contribution is 7.92. The SMILES string of the molecule is Cc1cc(S(=O)(=O)Nc2ccn(Cc3c(F)c(F)cc(F)c3F)n2)c(C)cc1Cl. The minimum atomic E-state index is -4.03. The van der Waals surface area contributed by atoms with Gasteiger partial charge in [0, 0.05) is 23.4 Å². The van der Waals surface area contributed by atoms with Gasteiger partial charge in [0.1, 0.15) is 0 Å². The van der Waals surface area contributed by atoms with Gasteiger partial charge in [-0.3, -0.25) is 9.40 Å². The average molecular weight is 448 g/mol. The summed E-state index contributed by atoms with van der Waals surface area (Å²) >= 11 is 5.98. The molecule has 0 unspecified atom stereocenters. The Kier molecular flexibility index (Phi) is 5.59. The van der Waals surface area contributed by atoms with Crippen LogP contribution in [0.15, 0.2) is 35.4 Å². The fourth-order valence-corrected chi connectivity index (χ4v) is 4.19. The summed E-state index contributed by atoms with van der Waals surface area (Å²) in [6, 6.07) is 4.25. The topological polar surface area (TPSA) is 64.0 Å². The zero-order valence-corrected chi connectivity index (χ0v) is 16.7. The fourth-order valence-electron chi connectivity index (χ4n) is 2.66. The van der Waals surface area contributed by atoms with Gasteiger partial charge in [0.05, 0.1) is 17.0 Å². The Bertz CT molecular complexity index is 1190. The first kappa shape index (κ1) is 21.1. The molecule has 11 heteroatoms. The summed E-state index contributed by atoms with van der Waals surface area (Å²) in [4.78, 5) is -0.0155. The normalized spacial score (nSPS) is 11.7. The minimum Gasteiger partial charge on any atom is -0.266 e. The number of nitrogens with zero attached hydrogens (tertiary/aromatic N) is 2.